The summed E-state index contributed by atoms with van der Waals surface area (Å²) in [5.41, 5.74) is 1.38. The van der Waals surface area contributed by atoms with E-state index in [4.69, 9.17) is 0 Å². The van der Waals surface area contributed by atoms with Crippen molar-refractivity contribution in [1.29, 1.82) is 0 Å². The van der Waals surface area contributed by atoms with Crippen molar-refractivity contribution < 1.29 is 36.2 Å². The number of phenolic OH excluding ortho intramolecular Hbond substituents is 2. The Balaban J connectivity index is 0.000000208. The maximum absolute atomic E-state index is 10.9. The van der Waals surface area contributed by atoms with E-state index in [1.165, 1.54) is 60.7 Å². The van der Waals surface area contributed by atoms with E-state index in [2.05, 4.69) is 20.5 Å². The maximum Gasteiger partial charge on any atom is 2.00 e. The molecule has 0 aliphatic carbocycles. The fraction of sp³-hybridized carbons (Fsp3) is 0. The third kappa shape index (κ3) is 9.10. The molecule has 0 radical (unpaired) electrons. The van der Waals surface area contributed by atoms with E-state index < -0.39 is 20.2 Å². The second-order valence-corrected chi connectivity index (χ2v) is 12.4. The molecule has 0 aliphatic heterocycles. The molecule has 0 amide bonds. The summed E-state index contributed by atoms with van der Waals surface area (Å²) in [6.07, 6.45) is 0. The summed E-state index contributed by atoms with van der Waals surface area (Å²) in [6, 6.07) is 31.6. The van der Waals surface area contributed by atoms with Gasteiger partial charge in [0.15, 0.2) is 0 Å². The molecule has 0 fully saturated rings. The molecular formula is C32H22BaN4O8S2. The normalized spacial score (nSPS) is 11.8. The van der Waals surface area contributed by atoms with Gasteiger partial charge < -0.3 is 19.3 Å². The maximum atomic E-state index is 10.9. The van der Waals surface area contributed by atoms with Gasteiger partial charge in [-0.05, 0) is 71.4 Å². The van der Waals surface area contributed by atoms with Crippen LogP contribution in [0.25, 0.3) is 21.5 Å². The van der Waals surface area contributed by atoms with Gasteiger partial charge in [0.05, 0.1) is 21.2 Å². The first-order valence-electron chi connectivity index (χ1n) is 13.3. The van der Waals surface area contributed by atoms with Crippen LogP contribution in [0.15, 0.2) is 152 Å². The Hall–Kier alpha value is -3.97. The van der Waals surface area contributed by atoms with Gasteiger partial charge in [0.25, 0.3) is 0 Å². The van der Waals surface area contributed by atoms with Gasteiger partial charge in [-0.1, -0.05) is 60.7 Å². The standard InChI is InChI=1S/2C16H12N2O4S.Ba/c2*19-15-10-5-11-3-1-2-4-14(11)16(15)18-17-12-6-8-13(9-7-12)23(20,21)22;/h2*1-10,19H,(H,20,21,22);/q;;+2/p-2/b2*18-17+;. The summed E-state index contributed by atoms with van der Waals surface area (Å²) in [7, 11) is -8.97. The van der Waals surface area contributed by atoms with Crippen LogP contribution in [-0.4, -0.2) is 85.0 Å². The van der Waals surface area contributed by atoms with Gasteiger partial charge in [-0.2, -0.15) is 10.2 Å². The third-order valence-corrected chi connectivity index (χ3v) is 8.24. The van der Waals surface area contributed by atoms with Gasteiger partial charge in [0.2, 0.25) is 0 Å². The van der Waals surface area contributed by atoms with Gasteiger partial charge in [-0.3, -0.25) is 0 Å². The number of hydrogen-bond donors (Lipinski definition) is 2. The molecule has 0 saturated carbocycles. The predicted octanol–water partition coefficient (Wildman–Crippen LogP) is 7.35. The van der Waals surface area contributed by atoms with Crippen molar-refractivity contribution >= 4 is 113 Å². The molecule has 6 rings (SSSR count). The van der Waals surface area contributed by atoms with Crippen molar-refractivity contribution in [2.24, 2.45) is 20.5 Å². The zero-order valence-electron chi connectivity index (χ0n) is 24.2. The van der Waals surface area contributed by atoms with E-state index in [-0.39, 0.29) is 70.2 Å². The largest absolute Gasteiger partial charge is 2.00 e. The Morgan fingerprint density at radius 2 is 0.787 bits per heavy atom. The first kappa shape index (κ1) is 35.9. The molecule has 232 valence electrons. The average Bonchev–Trinajstić information content (AvgIpc) is 3.04. The zero-order valence-corrected chi connectivity index (χ0v) is 30.3. The molecule has 0 saturated heterocycles. The number of fused-ring (bicyclic) bond motifs is 2. The minimum absolute atomic E-state index is 0. The molecule has 0 spiro atoms. The summed E-state index contributed by atoms with van der Waals surface area (Å²) in [5.74, 6) is -0.0163. The summed E-state index contributed by atoms with van der Waals surface area (Å²) in [6.45, 7) is 0. The molecule has 12 nitrogen and oxygen atoms in total. The topological polar surface area (TPSA) is 204 Å². The van der Waals surface area contributed by atoms with Crippen molar-refractivity contribution in [3.05, 3.63) is 121 Å². The number of benzene rings is 6. The Kier molecular flexibility index (Phi) is 11.7. The quantitative estimate of drug-likeness (QED) is 0.0989. The Morgan fingerprint density at radius 1 is 0.447 bits per heavy atom. The summed E-state index contributed by atoms with van der Waals surface area (Å²) >= 11 is 0. The van der Waals surface area contributed by atoms with Crippen molar-refractivity contribution in [2.45, 2.75) is 9.79 Å². The van der Waals surface area contributed by atoms with E-state index in [9.17, 15) is 36.2 Å². The second-order valence-electron chi connectivity index (χ2n) is 9.60. The van der Waals surface area contributed by atoms with Crippen molar-refractivity contribution in [3.63, 3.8) is 0 Å². The van der Waals surface area contributed by atoms with E-state index in [1.807, 2.05) is 48.5 Å². The minimum atomic E-state index is -4.48. The number of aromatic hydroxyl groups is 2. The summed E-state index contributed by atoms with van der Waals surface area (Å²) < 4.78 is 65.2. The van der Waals surface area contributed by atoms with Crippen molar-refractivity contribution in [3.8, 4) is 11.5 Å². The van der Waals surface area contributed by atoms with Crippen LogP contribution >= 0.6 is 0 Å². The molecule has 6 aromatic carbocycles. The Morgan fingerprint density at radius 3 is 1.13 bits per heavy atom. The van der Waals surface area contributed by atoms with Gasteiger partial charge in [-0.25, -0.2) is 16.8 Å². The first-order valence-corrected chi connectivity index (χ1v) is 16.1. The van der Waals surface area contributed by atoms with Gasteiger partial charge >= 0.3 is 48.9 Å². The molecule has 0 aliphatic rings. The fourth-order valence-corrected chi connectivity index (χ4v) is 5.21. The summed E-state index contributed by atoms with van der Waals surface area (Å²) in [4.78, 5) is -0.658. The van der Waals surface area contributed by atoms with E-state index in [0.717, 1.165) is 21.5 Å². The number of phenols is 2. The van der Waals surface area contributed by atoms with Crippen LogP contribution in [-0.2, 0) is 20.2 Å². The molecule has 2 N–H and O–H groups in total. The zero-order chi connectivity index (χ0) is 32.9. The SMILES string of the molecule is O=S(=O)([O-])c1ccc(/N=N/c2c(O)ccc3ccccc23)cc1.O=S(=O)([O-])c1ccc(/N=N/c2c(O)ccc3ccccc23)cc1.[Ba+2]. The second kappa shape index (κ2) is 15.3. The van der Waals surface area contributed by atoms with Crippen LogP contribution in [0.5, 0.6) is 11.5 Å². The van der Waals surface area contributed by atoms with Crippen molar-refractivity contribution in [1.82, 2.24) is 0 Å². The molecule has 0 atom stereocenters. The van der Waals surface area contributed by atoms with Gasteiger partial charge in [0, 0.05) is 10.8 Å². The number of hydrogen-bond acceptors (Lipinski definition) is 12. The van der Waals surface area contributed by atoms with Crippen LogP contribution in [0.1, 0.15) is 0 Å². The Labute approximate surface area is 309 Å². The molecule has 47 heavy (non-hydrogen) atoms. The number of azo groups is 2. The number of nitrogens with zero attached hydrogens (tertiary/aromatic N) is 4. The molecule has 0 unspecified atom stereocenters. The molecule has 6 aromatic rings. The molecule has 0 heterocycles. The van der Waals surface area contributed by atoms with Crippen LogP contribution in [0.2, 0.25) is 0 Å². The van der Waals surface area contributed by atoms with E-state index in [0.29, 0.717) is 22.7 Å². The molecular weight excluding hydrogens is 770 g/mol. The predicted molar refractivity (Wildman–Crippen MR) is 174 cm³/mol. The molecule has 0 aromatic heterocycles. The van der Waals surface area contributed by atoms with Crippen LogP contribution in [0, 0.1) is 0 Å². The average molecular weight is 792 g/mol. The van der Waals surface area contributed by atoms with Crippen LogP contribution in [0.4, 0.5) is 22.7 Å². The number of rotatable bonds is 6. The molecule has 0 bridgehead atoms. The van der Waals surface area contributed by atoms with Gasteiger partial charge in [-0.15, -0.1) is 10.2 Å². The van der Waals surface area contributed by atoms with Gasteiger partial charge in [0.1, 0.15) is 43.1 Å². The summed E-state index contributed by atoms with van der Waals surface area (Å²) in [5, 5.41) is 39.3. The van der Waals surface area contributed by atoms with E-state index in [1.54, 1.807) is 12.1 Å². The minimum Gasteiger partial charge on any atom is -0.744 e. The fourth-order valence-electron chi connectivity index (χ4n) is 4.27. The third-order valence-electron chi connectivity index (χ3n) is 6.54. The van der Waals surface area contributed by atoms with Crippen molar-refractivity contribution in [2.75, 3.05) is 0 Å². The van der Waals surface area contributed by atoms with E-state index >= 15 is 0 Å². The Bertz CT molecular complexity index is 2170. The first-order chi connectivity index (χ1) is 21.9. The smallest absolute Gasteiger partial charge is 0.744 e. The monoisotopic (exact) mass is 792 g/mol. The molecule has 15 heteroatoms. The van der Waals surface area contributed by atoms with Crippen LogP contribution < -0.4 is 0 Å². The van der Waals surface area contributed by atoms with Crippen LogP contribution in [0.3, 0.4) is 0 Å².